The lowest BCUT2D eigenvalue weighted by Crippen LogP contribution is -2.45. The van der Waals surface area contributed by atoms with E-state index in [1.165, 1.54) is 16.7 Å². The molecule has 0 unspecified atom stereocenters. The fraction of sp³-hybridized carbons (Fsp3) is 0.381. The fourth-order valence-corrected chi connectivity index (χ4v) is 3.43. The number of carbonyl (C=O) groups excluding carboxylic acids is 1. The van der Waals surface area contributed by atoms with Crippen molar-refractivity contribution in [3.05, 3.63) is 58.3 Å². The van der Waals surface area contributed by atoms with Gasteiger partial charge in [-0.1, -0.05) is 12.1 Å². The highest BCUT2D eigenvalue weighted by molar-refractivity contribution is 5.79. The summed E-state index contributed by atoms with van der Waals surface area (Å²) < 4.78 is 21.6. The topological polar surface area (TPSA) is 101 Å². The van der Waals surface area contributed by atoms with Crippen molar-refractivity contribution < 1.29 is 13.9 Å². The molecule has 0 spiro atoms. The van der Waals surface area contributed by atoms with Crippen LogP contribution in [0.5, 0.6) is 0 Å². The summed E-state index contributed by atoms with van der Waals surface area (Å²) in [5.41, 5.74) is 6.99. The fourth-order valence-electron chi connectivity index (χ4n) is 3.43. The zero-order valence-corrected chi connectivity index (χ0v) is 16.2. The first kappa shape index (κ1) is 20.7. The van der Waals surface area contributed by atoms with Gasteiger partial charge in [0.05, 0.1) is 6.07 Å². The lowest BCUT2D eigenvalue weighted by atomic mass is 10.00. The maximum Gasteiger partial charge on any atom is 0.250 e. The highest BCUT2D eigenvalue weighted by atomic mass is 19.1. The second-order valence-electron chi connectivity index (χ2n) is 7.13. The molecule has 0 saturated carbocycles. The highest BCUT2D eigenvalue weighted by Crippen LogP contribution is 2.23. The molecule has 1 saturated heterocycles. The first-order valence-corrected chi connectivity index (χ1v) is 9.39. The van der Waals surface area contributed by atoms with Gasteiger partial charge in [0, 0.05) is 45.4 Å². The average Bonchev–Trinajstić information content (AvgIpc) is 2.95. The SMILES string of the molecule is Cn1cc(-c2ccc(C[C@@H](C#N)N3CCCO[C@H](C(N)=O)C3)c(F)c2)ccc1=O. The van der Waals surface area contributed by atoms with Crippen LogP contribution in [0.3, 0.4) is 0 Å². The van der Waals surface area contributed by atoms with Gasteiger partial charge in [0.15, 0.2) is 0 Å². The van der Waals surface area contributed by atoms with E-state index >= 15 is 0 Å². The maximum atomic E-state index is 14.8. The Morgan fingerprint density at radius 1 is 1.38 bits per heavy atom. The number of nitrogens with two attached hydrogens (primary N) is 1. The van der Waals surface area contributed by atoms with Gasteiger partial charge in [-0.3, -0.25) is 14.5 Å². The molecule has 1 aromatic carbocycles. The number of hydrogen-bond donors (Lipinski definition) is 1. The number of halogens is 1. The molecular formula is C21H23FN4O3. The second kappa shape index (κ2) is 8.99. The zero-order chi connectivity index (χ0) is 21.0. The van der Waals surface area contributed by atoms with Crippen LogP contribution in [0.1, 0.15) is 12.0 Å². The van der Waals surface area contributed by atoms with Crippen LogP contribution in [0.25, 0.3) is 11.1 Å². The molecule has 1 aromatic heterocycles. The van der Waals surface area contributed by atoms with Gasteiger partial charge in [-0.25, -0.2) is 4.39 Å². The Labute approximate surface area is 168 Å². The Hall–Kier alpha value is -3.02. The number of aryl methyl sites for hydroxylation is 1. The van der Waals surface area contributed by atoms with Crippen molar-refractivity contribution in [3.8, 4) is 17.2 Å². The first-order chi connectivity index (χ1) is 13.9. The largest absolute Gasteiger partial charge is 0.367 e. The van der Waals surface area contributed by atoms with E-state index in [0.717, 1.165) is 5.56 Å². The van der Waals surface area contributed by atoms with E-state index in [4.69, 9.17) is 10.5 Å². The van der Waals surface area contributed by atoms with E-state index in [-0.39, 0.29) is 18.5 Å². The lowest BCUT2D eigenvalue weighted by Gasteiger charge is -2.27. The molecule has 1 aliphatic heterocycles. The molecule has 0 radical (unpaired) electrons. The van der Waals surface area contributed by atoms with Crippen LogP contribution in [0.2, 0.25) is 0 Å². The molecule has 3 rings (SSSR count). The molecule has 29 heavy (non-hydrogen) atoms. The summed E-state index contributed by atoms with van der Waals surface area (Å²) in [5.74, 6) is -0.990. The van der Waals surface area contributed by atoms with Gasteiger partial charge >= 0.3 is 0 Å². The normalized spacial score (nSPS) is 18.6. The van der Waals surface area contributed by atoms with Gasteiger partial charge in [0.2, 0.25) is 11.5 Å². The molecule has 8 heteroatoms. The molecule has 1 fully saturated rings. The minimum atomic E-state index is -0.773. The Bertz CT molecular complexity index is 998. The van der Waals surface area contributed by atoms with Crippen molar-refractivity contribution >= 4 is 5.91 Å². The number of pyridine rings is 1. The van der Waals surface area contributed by atoms with Gasteiger partial charge in [0.1, 0.15) is 18.0 Å². The van der Waals surface area contributed by atoms with Gasteiger partial charge in [-0.2, -0.15) is 5.26 Å². The minimum absolute atomic E-state index is 0.140. The summed E-state index contributed by atoms with van der Waals surface area (Å²) in [6, 6.07) is 9.52. The predicted octanol–water partition coefficient (Wildman–Crippen LogP) is 1.20. The number of aromatic nitrogens is 1. The number of carbonyl (C=O) groups is 1. The van der Waals surface area contributed by atoms with Crippen LogP contribution in [-0.2, 0) is 23.0 Å². The second-order valence-corrected chi connectivity index (χ2v) is 7.13. The molecule has 2 atom stereocenters. The number of nitriles is 1. The van der Waals surface area contributed by atoms with Crippen molar-refractivity contribution in [2.24, 2.45) is 12.8 Å². The lowest BCUT2D eigenvalue weighted by molar-refractivity contribution is -0.129. The molecule has 1 amide bonds. The van der Waals surface area contributed by atoms with Crippen LogP contribution >= 0.6 is 0 Å². The molecule has 152 valence electrons. The average molecular weight is 398 g/mol. The number of amides is 1. The van der Waals surface area contributed by atoms with Crippen LogP contribution < -0.4 is 11.3 Å². The number of ether oxygens (including phenoxy) is 1. The van der Waals surface area contributed by atoms with Crippen LogP contribution in [0.4, 0.5) is 4.39 Å². The van der Waals surface area contributed by atoms with Crippen LogP contribution in [0.15, 0.2) is 41.3 Å². The number of nitrogens with zero attached hydrogens (tertiary/aromatic N) is 3. The third kappa shape index (κ3) is 4.88. The molecule has 1 aliphatic rings. The Morgan fingerprint density at radius 3 is 2.79 bits per heavy atom. The van der Waals surface area contributed by atoms with E-state index in [0.29, 0.717) is 30.7 Å². The van der Waals surface area contributed by atoms with Gasteiger partial charge in [-0.05, 0) is 35.2 Å². The van der Waals surface area contributed by atoms with Crippen molar-refractivity contribution in [1.29, 1.82) is 5.26 Å². The highest BCUT2D eigenvalue weighted by Gasteiger charge is 2.28. The van der Waals surface area contributed by atoms with Crippen molar-refractivity contribution in [1.82, 2.24) is 9.47 Å². The Morgan fingerprint density at radius 2 is 2.14 bits per heavy atom. The number of hydrogen-bond acceptors (Lipinski definition) is 5. The van der Waals surface area contributed by atoms with Crippen LogP contribution in [0, 0.1) is 17.1 Å². The summed E-state index contributed by atoms with van der Waals surface area (Å²) in [5, 5.41) is 9.63. The summed E-state index contributed by atoms with van der Waals surface area (Å²) in [6.45, 7) is 1.18. The summed E-state index contributed by atoms with van der Waals surface area (Å²) in [6.07, 6.45) is 1.72. The molecule has 2 heterocycles. The zero-order valence-electron chi connectivity index (χ0n) is 16.2. The maximum absolute atomic E-state index is 14.8. The molecule has 2 aromatic rings. The number of benzene rings is 1. The van der Waals surface area contributed by atoms with E-state index in [1.807, 2.05) is 4.90 Å². The summed E-state index contributed by atoms with van der Waals surface area (Å²) in [7, 11) is 1.64. The van der Waals surface area contributed by atoms with Gasteiger partial charge < -0.3 is 15.0 Å². The van der Waals surface area contributed by atoms with E-state index in [2.05, 4.69) is 6.07 Å². The van der Waals surface area contributed by atoms with Crippen molar-refractivity contribution in [3.63, 3.8) is 0 Å². The molecule has 2 N–H and O–H groups in total. The Kier molecular flexibility index (Phi) is 6.42. The smallest absolute Gasteiger partial charge is 0.250 e. The predicted molar refractivity (Wildman–Crippen MR) is 105 cm³/mol. The minimum Gasteiger partial charge on any atom is -0.367 e. The van der Waals surface area contributed by atoms with Crippen molar-refractivity contribution in [2.75, 3.05) is 19.7 Å². The quantitative estimate of drug-likeness (QED) is 0.816. The Balaban J connectivity index is 1.79. The van der Waals surface area contributed by atoms with Gasteiger partial charge in [0.25, 0.3) is 0 Å². The van der Waals surface area contributed by atoms with Crippen molar-refractivity contribution in [2.45, 2.75) is 25.0 Å². The van der Waals surface area contributed by atoms with E-state index in [1.54, 1.807) is 31.4 Å². The van der Waals surface area contributed by atoms with E-state index < -0.39 is 23.9 Å². The summed E-state index contributed by atoms with van der Waals surface area (Å²) >= 11 is 0. The summed E-state index contributed by atoms with van der Waals surface area (Å²) in [4.78, 5) is 24.9. The van der Waals surface area contributed by atoms with E-state index in [9.17, 15) is 19.2 Å². The monoisotopic (exact) mass is 398 g/mol. The van der Waals surface area contributed by atoms with Crippen LogP contribution in [-0.4, -0.2) is 47.2 Å². The standard InChI is InChI=1S/C21H23FN4O3/c1-25-12-16(5-6-20(25)27)14-3-4-15(18(22)10-14)9-17(11-23)26-7-2-8-29-19(13-26)21(24)28/h3-6,10,12,17,19H,2,7-9,13H2,1H3,(H2,24,28)/t17-,19-/m0/s1. The third-order valence-electron chi connectivity index (χ3n) is 5.10. The first-order valence-electron chi connectivity index (χ1n) is 9.39. The molecule has 0 bridgehead atoms. The number of rotatable bonds is 5. The molecular weight excluding hydrogens is 375 g/mol. The number of primary amides is 1. The molecule has 0 aliphatic carbocycles. The van der Waals surface area contributed by atoms with Gasteiger partial charge in [-0.15, -0.1) is 0 Å². The third-order valence-corrected chi connectivity index (χ3v) is 5.10. The molecule has 7 nitrogen and oxygen atoms in total.